The standard InChI is InChI=1S/C11H11N5O3/c1-16-6-14-9(15-16)5-13-10(17)7-2-3-8(11(18)19)12-4-7/h2-4,6H,5H2,1H3,(H,13,17)(H,18,19). The zero-order valence-corrected chi connectivity index (χ0v) is 10.1. The van der Waals surface area contributed by atoms with Crippen molar-refractivity contribution in [2.75, 3.05) is 0 Å². The predicted octanol–water partition coefficient (Wildman–Crippen LogP) is -0.162. The SMILES string of the molecule is Cn1cnc(CNC(=O)c2ccc(C(=O)O)nc2)n1. The molecule has 2 rings (SSSR count). The molecule has 1 amide bonds. The van der Waals surface area contributed by atoms with Crippen molar-refractivity contribution in [1.29, 1.82) is 0 Å². The third kappa shape index (κ3) is 3.12. The molecule has 0 aliphatic heterocycles. The lowest BCUT2D eigenvalue weighted by molar-refractivity contribution is 0.0689. The number of amides is 1. The third-order valence-corrected chi connectivity index (χ3v) is 2.30. The minimum atomic E-state index is -1.13. The average molecular weight is 261 g/mol. The quantitative estimate of drug-likeness (QED) is 0.791. The smallest absolute Gasteiger partial charge is 0.354 e. The first-order chi connectivity index (χ1) is 9.06. The van der Waals surface area contributed by atoms with E-state index in [2.05, 4.69) is 20.4 Å². The highest BCUT2D eigenvalue weighted by molar-refractivity contribution is 5.94. The molecule has 0 bridgehead atoms. The normalized spacial score (nSPS) is 10.2. The van der Waals surface area contributed by atoms with Gasteiger partial charge >= 0.3 is 5.97 Å². The van der Waals surface area contributed by atoms with Crippen molar-refractivity contribution in [3.05, 3.63) is 41.7 Å². The van der Waals surface area contributed by atoms with E-state index in [1.165, 1.54) is 29.3 Å². The van der Waals surface area contributed by atoms with Crippen molar-refractivity contribution >= 4 is 11.9 Å². The summed E-state index contributed by atoms with van der Waals surface area (Å²) in [6.45, 7) is 0.195. The highest BCUT2D eigenvalue weighted by Gasteiger charge is 2.09. The zero-order valence-electron chi connectivity index (χ0n) is 10.1. The molecule has 0 atom stereocenters. The number of aromatic nitrogens is 4. The second-order valence-electron chi connectivity index (χ2n) is 3.75. The topological polar surface area (TPSA) is 110 Å². The summed E-state index contributed by atoms with van der Waals surface area (Å²) in [7, 11) is 1.73. The van der Waals surface area contributed by atoms with Crippen LogP contribution in [0.4, 0.5) is 0 Å². The van der Waals surface area contributed by atoms with Gasteiger partial charge in [0.15, 0.2) is 5.82 Å². The first kappa shape index (κ1) is 12.7. The number of aromatic carboxylic acids is 1. The largest absolute Gasteiger partial charge is 0.477 e. The van der Waals surface area contributed by atoms with E-state index in [-0.39, 0.29) is 23.7 Å². The zero-order chi connectivity index (χ0) is 13.8. The second kappa shape index (κ2) is 5.25. The Morgan fingerprint density at radius 2 is 2.16 bits per heavy atom. The van der Waals surface area contributed by atoms with Crippen molar-refractivity contribution in [3.8, 4) is 0 Å². The van der Waals surface area contributed by atoms with Crippen LogP contribution in [-0.4, -0.2) is 36.7 Å². The molecule has 0 radical (unpaired) electrons. The molecule has 2 aromatic heterocycles. The summed E-state index contributed by atoms with van der Waals surface area (Å²) in [6, 6.07) is 2.67. The monoisotopic (exact) mass is 261 g/mol. The minimum Gasteiger partial charge on any atom is -0.477 e. The van der Waals surface area contributed by atoms with Crippen LogP contribution in [0, 0.1) is 0 Å². The Labute approximate surface area is 108 Å². The molecule has 98 valence electrons. The van der Waals surface area contributed by atoms with Crippen molar-refractivity contribution in [2.24, 2.45) is 7.05 Å². The molecule has 2 aromatic rings. The van der Waals surface area contributed by atoms with E-state index in [1.54, 1.807) is 7.05 Å². The van der Waals surface area contributed by atoms with Gasteiger partial charge in [-0.2, -0.15) is 5.10 Å². The molecule has 19 heavy (non-hydrogen) atoms. The number of pyridine rings is 1. The van der Waals surface area contributed by atoms with Gasteiger partial charge in [0, 0.05) is 13.2 Å². The fraction of sp³-hybridized carbons (Fsp3) is 0.182. The number of hydrogen-bond donors (Lipinski definition) is 2. The number of hydrogen-bond acceptors (Lipinski definition) is 5. The van der Waals surface area contributed by atoms with E-state index in [0.717, 1.165) is 0 Å². The van der Waals surface area contributed by atoms with Crippen LogP contribution in [0.2, 0.25) is 0 Å². The molecule has 2 N–H and O–H groups in total. The molecule has 2 heterocycles. The number of rotatable bonds is 4. The summed E-state index contributed by atoms with van der Waals surface area (Å²) in [5.41, 5.74) is 0.170. The Balaban J connectivity index is 1.98. The molecule has 0 aliphatic rings. The molecule has 0 spiro atoms. The highest BCUT2D eigenvalue weighted by Crippen LogP contribution is 2.01. The molecule has 8 nitrogen and oxygen atoms in total. The molecule has 8 heteroatoms. The Hall–Kier alpha value is -2.77. The summed E-state index contributed by atoms with van der Waals surface area (Å²) in [5, 5.41) is 15.3. The van der Waals surface area contributed by atoms with Gasteiger partial charge in [0.25, 0.3) is 5.91 Å². The van der Waals surface area contributed by atoms with E-state index < -0.39 is 5.97 Å². The van der Waals surface area contributed by atoms with Gasteiger partial charge in [0.2, 0.25) is 0 Å². The van der Waals surface area contributed by atoms with E-state index in [0.29, 0.717) is 5.82 Å². The maximum absolute atomic E-state index is 11.7. The van der Waals surface area contributed by atoms with Gasteiger partial charge in [-0.1, -0.05) is 0 Å². The van der Waals surface area contributed by atoms with Crippen LogP contribution in [0.1, 0.15) is 26.7 Å². The van der Waals surface area contributed by atoms with Crippen molar-refractivity contribution in [2.45, 2.75) is 6.54 Å². The van der Waals surface area contributed by atoms with Gasteiger partial charge in [-0.05, 0) is 12.1 Å². The Bertz CT molecular complexity index is 605. The number of nitrogens with one attached hydrogen (secondary N) is 1. The molecule has 0 saturated heterocycles. The lowest BCUT2D eigenvalue weighted by Crippen LogP contribution is -2.23. The summed E-state index contributed by atoms with van der Waals surface area (Å²) in [5.74, 6) is -1.01. The minimum absolute atomic E-state index is 0.108. The van der Waals surface area contributed by atoms with Crippen LogP contribution >= 0.6 is 0 Å². The van der Waals surface area contributed by atoms with E-state index >= 15 is 0 Å². The fourth-order valence-corrected chi connectivity index (χ4v) is 1.38. The van der Waals surface area contributed by atoms with E-state index in [4.69, 9.17) is 5.11 Å². The van der Waals surface area contributed by atoms with Gasteiger partial charge in [0.1, 0.15) is 12.0 Å². The van der Waals surface area contributed by atoms with Crippen LogP contribution in [0.25, 0.3) is 0 Å². The number of carboxylic acids is 1. The Morgan fingerprint density at radius 3 is 2.68 bits per heavy atom. The van der Waals surface area contributed by atoms with Crippen molar-refractivity contribution in [1.82, 2.24) is 25.1 Å². The third-order valence-electron chi connectivity index (χ3n) is 2.30. The van der Waals surface area contributed by atoms with Gasteiger partial charge in [-0.15, -0.1) is 0 Å². The first-order valence-corrected chi connectivity index (χ1v) is 5.38. The summed E-state index contributed by atoms with van der Waals surface area (Å²) in [6.07, 6.45) is 2.75. The maximum Gasteiger partial charge on any atom is 0.354 e. The van der Waals surface area contributed by atoms with Crippen LogP contribution in [0.5, 0.6) is 0 Å². The van der Waals surface area contributed by atoms with Crippen LogP contribution in [-0.2, 0) is 13.6 Å². The highest BCUT2D eigenvalue weighted by atomic mass is 16.4. The average Bonchev–Trinajstić information content (AvgIpc) is 2.82. The molecule has 0 aromatic carbocycles. The van der Waals surface area contributed by atoms with Crippen molar-refractivity contribution in [3.63, 3.8) is 0 Å². The summed E-state index contributed by atoms with van der Waals surface area (Å²) in [4.78, 5) is 30.0. The molecule has 0 saturated carbocycles. The van der Waals surface area contributed by atoms with E-state index in [1.807, 2.05) is 0 Å². The second-order valence-corrected chi connectivity index (χ2v) is 3.75. The summed E-state index contributed by atoms with van der Waals surface area (Å²) < 4.78 is 1.53. The maximum atomic E-state index is 11.7. The lowest BCUT2D eigenvalue weighted by Gasteiger charge is -2.02. The van der Waals surface area contributed by atoms with Crippen LogP contribution in [0.15, 0.2) is 24.7 Å². The Kier molecular flexibility index (Phi) is 3.51. The lowest BCUT2D eigenvalue weighted by atomic mass is 10.2. The van der Waals surface area contributed by atoms with Gasteiger partial charge < -0.3 is 10.4 Å². The Morgan fingerprint density at radius 1 is 1.37 bits per heavy atom. The van der Waals surface area contributed by atoms with Crippen LogP contribution < -0.4 is 5.32 Å². The number of nitrogens with zero attached hydrogens (tertiary/aromatic N) is 4. The first-order valence-electron chi connectivity index (χ1n) is 5.38. The predicted molar refractivity (Wildman–Crippen MR) is 63.4 cm³/mol. The van der Waals surface area contributed by atoms with Gasteiger partial charge in [-0.25, -0.2) is 14.8 Å². The van der Waals surface area contributed by atoms with Gasteiger partial charge in [-0.3, -0.25) is 9.48 Å². The number of aryl methyl sites for hydroxylation is 1. The molecule has 0 fully saturated rings. The van der Waals surface area contributed by atoms with Gasteiger partial charge in [0.05, 0.1) is 12.1 Å². The molecular weight excluding hydrogens is 250 g/mol. The number of carboxylic acid groups (broad SMARTS) is 1. The fourth-order valence-electron chi connectivity index (χ4n) is 1.38. The molecule has 0 unspecified atom stereocenters. The summed E-state index contributed by atoms with van der Waals surface area (Å²) >= 11 is 0. The molecular formula is C11H11N5O3. The number of carbonyl (C=O) groups excluding carboxylic acids is 1. The van der Waals surface area contributed by atoms with Crippen molar-refractivity contribution < 1.29 is 14.7 Å². The van der Waals surface area contributed by atoms with E-state index in [9.17, 15) is 9.59 Å². The van der Waals surface area contributed by atoms with Crippen LogP contribution in [0.3, 0.4) is 0 Å². The molecule has 0 aliphatic carbocycles. The number of carbonyl (C=O) groups is 2.